The van der Waals surface area contributed by atoms with Gasteiger partial charge >= 0.3 is 0 Å². The molecule has 1 amide bonds. The highest BCUT2D eigenvalue weighted by Crippen LogP contribution is 2.11. The molecule has 1 aliphatic heterocycles. The van der Waals surface area contributed by atoms with Gasteiger partial charge in [-0.05, 0) is 12.5 Å². The van der Waals surface area contributed by atoms with E-state index in [-0.39, 0.29) is 17.2 Å². The number of rotatable bonds is 1. The molecule has 0 radical (unpaired) electrons. The summed E-state index contributed by atoms with van der Waals surface area (Å²) in [6, 6.07) is 4.46. The van der Waals surface area contributed by atoms with Gasteiger partial charge in [-0.25, -0.2) is 0 Å². The van der Waals surface area contributed by atoms with Crippen molar-refractivity contribution in [1.82, 2.24) is 9.88 Å². The summed E-state index contributed by atoms with van der Waals surface area (Å²) in [7, 11) is 0. The summed E-state index contributed by atoms with van der Waals surface area (Å²) in [5, 5.41) is 9.28. The highest BCUT2D eigenvalue weighted by atomic mass is 16.3. The number of carbonyl (C=O) groups excluding carboxylic acids is 1. The zero-order valence-electron chi connectivity index (χ0n) is 8.14. The van der Waals surface area contributed by atoms with E-state index in [1.54, 1.807) is 12.1 Å². The molecule has 1 aromatic heterocycles. The van der Waals surface area contributed by atoms with E-state index in [1.807, 2.05) is 0 Å². The maximum atomic E-state index is 11.8. The number of pyridine rings is 1. The summed E-state index contributed by atoms with van der Waals surface area (Å²) in [5.74, 6) is -0.232. The third-order valence-corrected chi connectivity index (χ3v) is 2.45. The van der Waals surface area contributed by atoms with Gasteiger partial charge < -0.3 is 15.0 Å². The predicted octanol–water partition coefficient (Wildman–Crippen LogP) is -0.418. The van der Waals surface area contributed by atoms with Crippen molar-refractivity contribution < 1.29 is 9.90 Å². The molecule has 80 valence electrons. The van der Waals surface area contributed by atoms with Gasteiger partial charge in [0.2, 0.25) is 5.56 Å². The number of aromatic amines is 1. The van der Waals surface area contributed by atoms with Crippen LogP contribution in [0.25, 0.3) is 0 Å². The van der Waals surface area contributed by atoms with Gasteiger partial charge in [0, 0.05) is 19.2 Å². The molecule has 1 aromatic rings. The number of aromatic nitrogens is 1. The second-order valence-corrected chi connectivity index (χ2v) is 3.62. The minimum atomic E-state index is -0.440. The third-order valence-electron chi connectivity index (χ3n) is 2.45. The molecule has 1 aliphatic rings. The minimum Gasteiger partial charge on any atom is -0.391 e. The molecule has 1 fully saturated rings. The zero-order valence-corrected chi connectivity index (χ0v) is 8.14. The Morgan fingerprint density at radius 3 is 2.93 bits per heavy atom. The van der Waals surface area contributed by atoms with Crippen LogP contribution in [0, 0.1) is 0 Å². The second-order valence-electron chi connectivity index (χ2n) is 3.62. The van der Waals surface area contributed by atoms with E-state index in [1.165, 1.54) is 11.0 Å². The van der Waals surface area contributed by atoms with E-state index in [0.717, 1.165) is 0 Å². The fourth-order valence-corrected chi connectivity index (χ4v) is 1.67. The summed E-state index contributed by atoms with van der Waals surface area (Å²) < 4.78 is 0. The van der Waals surface area contributed by atoms with Crippen LogP contribution < -0.4 is 5.56 Å². The maximum absolute atomic E-state index is 11.8. The van der Waals surface area contributed by atoms with E-state index in [2.05, 4.69) is 4.98 Å². The van der Waals surface area contributed by atoms with Crippen molar-refractivity contribution in [2.75, 3.05) is 13.1 Å². The Morgan fingerprint density at radius 1 is 1.53 bits per heavy atom. The molecule has 1 unspecified atom stereocenters. The quantitative estimate of drug-likeness (QED) is 0.658. The second kappa shape index (κ2) is 3.86. The van der Waals surface area contributed by atoms with Gasteiger partial charge in [-0.3, -0.25) is 9.59 Å². The fraction of sp³-hybridized carbons (Fsp3) is 0.400. The number of likely N-dealkylation sites (tertiary alicyclic amines) is 1. The number of aliphatic hydroxyl groups is 1. The van der Waals surface area contributed by atoms with Crippen LogP contribution in [0.1, 0.15) is 16.9 Å². The number of hydrogen-bond acceptors (Lipinski definition) is 3. The molecule has 0 spiro atoms. The van der Waals surface area contributed by atoms with Gasteiger partial charge in [-0.2, -0.15) is 0 Å². The topological polar surface area (TPSA) is 73.4 Å². The van der Waals surface area contributed by atoms with Crippen LogP contribution >= 0.6 is 0 Å². The predicted molar refractivity (Wildman–Crippen MR) is 53.6 cm³/mol. The van der Waals surface area contributed by atoms with E-state index < -0.39 is 6.10 Å². The van der Waals surface area contributed by atoms with Crippen molar-refractivity contribution in [2.45, 2.75) is 12.5 Å². The lowest BCUT2D eigenvalue weighted by atomic mass is 10.3. The number of hydrogen-bond donors (Lipinski definition) is 2. The largest absolute Gasteiger partial charge is 0.391 e. The van der Waals surface area contributed by atoms with Gasteiger partial charge in [-0.15, -0.1) is 0 Å². The molecule has 15 heavy (non-hydrogen) atoms. The molecule has 5 heteroatoms. The van der Waals surface area contributed by atoms with Crippen molar-refractivity contribution in [3.63, 3.8) is 0 Å². The van der Waals surface area contributed by atoms with Crippen molar-refractivity contribution in [3.05, 3.63) is 34.2 Å². The van der Waals surface area contributed by atoms with Crippen LogP contribution in [0.5, 0.6) is 0 Å². The molecular weight excluding hydrogens is 196 g/mol. The van der Waals surface area contributed by atoms with Crippen LogP contribution in [0.4, 0.5) is 0 Å². The smallest absolute Gasteiger partial charge is 0.270 e. The molecule has 1 saturated heterocycles. The first-order chi connectivity index (χ1) is 7.16. The Morgan fingerprint density at radius 2 is 2.33 bits per heavy atom. The number of aliphatic hydroxyl groups excluding tert-OH is 1. The monoisotopic (exact) mass is 208 g/mol. The van der Waals surface area contributed by atoms with Gasteiger partial charge in [0.25, 0.3) is 5.91 Å². The Balaban J connectivity index is 2.18. The van der Waals surface area contributed by atoms with Crippen LogP contribution in [0.2, 0.25) is 0 Å². The molecule has 2 heterocycles. The van der Waals surface area contributed by atoms with Crippen molar-refractivity contribution in [3.8, 4) is 0 Å². The van der Waals surface area contributed by atoms with E-state index in [0.29, 0.717) is 19.5 Å². The Kier molecular flexibility index (Phi) is 2.55. The molecule has 2 N–H and O–H groups in total. The number of H-pyrrole nitrogens is 1. The van der Waals surface area contributed by atoms with E-state index in [4.69, 9.17) is 0 Å². The molecular formula is C10H12N2O3. The number of amides is 1. The Hall–Kier alpha value is -1.62. The standard InChI is InChI=1S/C10H12N2O3/c13-7-4-5-12(6-7)10(15)8-2-1-3-9(14)11-8/h1-3,7,13H,4-6H2,(H,11,14). The fourth-order valence-electron chi connectivity index (χ4n) is 1.67. The molecule has 2 rings (SSSR count). The maximum Gasteiger partial charge on any atom is 0.270 e. The number of nitrogens with zero attached hydrogens (tertiary/aromatic N) is 1. The third kappa shape index (κ3) is 2.07. The van der Waals surface area contributed by atoms with Crippen LogP contribution in [-0.4, -0.2) is 40.1 Å². The van der Waals surface area contributed by atoms with Crippen LogP contribution in [0.15, 0.2) is 23.0 Å². The highest BCUT2D eigenvalue weighted by Gasteiger charge is 2.25. The lowest BCUT2D eigenvalue weighted by molar-refractivity contribution is 0.0759. The molecule has 0 aromatic carbocycles. The lowest BCUT2D eigenvalue weighted by Crippen LogP contribution is -2.31. The summed E-state index contributed by atoms with van der Waals surface area (Å²) in [4.78, 5) is 26.8. The molecule has 0 saturated carbocycles. The molecule has 0 aliphatic carbocycles. The zero-order chi connectivity index (χ0) is 10.8. The van der Waals surface area contributed by atoms with Crippen molar-refractivity contribution >= 4 is 5.91 Å². The summed E-state index contributed by atoms with van der Waals surface area (Å²) in [6.07, 6.45) is 0.160. The number of carbonyl (C=O) groups is 1. The minimum absolute atomic E-state index is 0.232. The lowest BCUT2D eigenvalue weighted by Gasteiger charge is -2.14. The average molecular weight is 208 g/mol. The molecule has 5 nitrogen and oxygen atoms in total. The van der Waals surface area contributed by atoms with Crippen molar-refractivity contribution in [1.29, 1.82) is 0 Å². The van der Waals surface area contributed by atoms with Gasteiger partial charge in [0.1, 0.15) is 5.69 Å². The highest BCUT2D eigenvalue weighted by molar-refractivity contribution is 5.92. The molecule has 1 atom stereocenters. The molecule has 0 bridgehead atoms. The number of β-amino-alcohol motifs (C(OH)–C–C–N with tert-alkyl or cyclic N) is 1. The first kappa shape index (κ1) is 9.92. The SMILES string of the molecule is O=C(c1cccc(=O)[nH]1)N1CCC(O)C1. The normalized spacial score (nSPS) is 20.6. The Bertz CT molecular complexity index is 427. The summed E-state index contributed by atoms with van der Waals surface area (Å²) in [5.41, 5.74) is -0.0165. The van der Waals surface area contributed by atoms with Gasteiger partial charge in [0.15, 0.2) is 0 Å². The van der Waals surface area contributed by atoms with Crippen LogP contribution in [-0.2, 0) is 0 Å². The van der Waals surface area contributed by atoms with Crippen LogP contribution in [0.3, 0.4) is 0 Å². The van der Waals surface area contributed by atoms with Gasteiger partial charge in [0.05, 0.1) is 6.10 Å². The van der Waals surface area contributed by atoms with E-state index in [9.17, 15) is 14.7 Å². The Labute approximate surface area is 86.3 Å². The summed E-state index contributed by atoms with van der Waals surface area (Å²) >= 11 is 0. The number of nitrogens with one attached hydrogen (secondary N) is 1. The first-order valence-electron chi connectivity index (χ1n) is 4.83. The first-order valence-corrected chi connectivity index (χ1v) is 4.83. The van der Waals surface area contributed by atoms with E-state index >= 15 is 0 Å². The average Bonchev–Trinajstić information content (AvgIpc) is 2.64. The van der Waals surface area contributed by atoms with Crippen molar-refractivity contribution in [2.24, 2.45) is 0 Å². The summed E-state index contributed by atoms with van der Waals surface area (Å²) in [6.45, 7) is 0.882. The van der Waals surface area contributed by atoms with Gasteiger partial charge in [-0.1, -0.05) is 6.07 Å².